The number of rotatable bonds is 4. The highest BCUT2D eigenvalue weighted by Gasteiger charge is 2.29. The van der Waals surface area contributed by atoms with Gasteiger partial charge in [0.15, 0.2) is 0 Å². The molecule has 2 atom stereocenters. The molecular formula is C14H24N4. The molecule has 100 valence electrons. The molecule has 0 aromatic carbocycles. The van der Waals surface area contributed by atoms with Crippen molar-refractivity contribution in [2.75, 3.05) is 19.4 Å². The largest absolute Gasteiger partial charge is 0.350 e. The van der Waals surface area contributed by atoms with Crippen LogP contribution in [0.15, 0.2) is 12.4 Å². The van der Waals surface area contributed by atoms with Gasteiger partial charge in [0.2, 0.25) is 5.95 Å². The summed E-state index contributed by atoms with van der Waals surface area (Å²) in [6.45, 7) is 4.32. The van der Waals surface area contributed by atoms with Crippen molar-refractivity contribution in [1.29, 1.82) is 0 Å². The molecule has 1 N–H and O–H groups in total. The molecule has 1 aromatic rings. The lowest BCUT2D eigenvalue weighted by Crippen LogP contribution is -2.39. The monoisotopic (exact) mass is 248 g/mol. The fraction of sp³-hybridized carbons (Fsp3) is 0.714. The van der Waals surface area contributed by atoms with Crippen LogP contribution in [0.4, 0.5) is 5.95 Å². The highest BCUT2D eigenvalue weighted by atomic mass is 15.2. The number of aromatic nitrogens is 2. The summed E-state index contributed by atoms with van der Waals surface area (Å²) in [5, 5.41) is 3.47. The van der Waals surface area contributed by atoms with E-state index in [1.54, 1.807) is 0 Å². The van der Waals surface area contributed by atoms with Crippen molar-refractivity contribution in [1.82, 2.24) is 14.9 Å². The van der Waals surface area contributed by atoms with E-state index >= 15 is 0 Å². The zero-order chi connectivity index (χ0) is 13.1. The van der Waals surface area contributed by atoms with Gasteiger partial charge in [-0.25, -0.2) is 9.97 Å². The average Bonchev–Trinajstić information content (AvgIpc) is 2.78. The third-order valence-corrected chi connectivity index (χ3v) is 3.80. The van der Waals surface area contributed by atoms with Crippen LogP contribution < -0.4 is 5.32 Å². The number of nitrogens with zero attached hydrogens (tertiary/aromatic N) is 3. The Balaban J connectivity index is 2.00. The van der Waals surface area contributed by atoms with Gasteiger partial charge in [-0.2, -0.15) is 0 Å². The molecule has 0 spiro atoms. The maximum Gasteiger partial charge on any atom is 0.222 e. The maximum absolute atomic E-state index is 4.42. The summed E-state index contributed by atoms with van der Waals surface area (Å²) in [6, 6.07) is 1.07. The summed E-state index contributed by atoms with van der Waals surface area (Å²) >= 11 is 0. The second-order valence-electron chi connectivity index (χ2n) is 5.71. The van der Waals surface area contributed by atoms with Crippen LogP contribution in [-0.2, 0) is 0 Å². The Morgan fingerprint density at radius 3 is 2.44 bits per heavy atom. The minimum absolute atomic E-state index is 0.477. The van der Waals surface area contributed by atoms with Gasteiger partial charge >= 0.3 is 0 Å². The molecule has 0 aliphatic heterocycles. The number of hydrogen-bond acceptors (Lipinski definition) is 4. The summed E-state index contributed by atoms with van der Waals surface area (Å²) in [5.74, 6) is 1.25. The van der Waals surface area contributed by atoms with Crippen molar-refractivity contribution in [2.24, 2.45) is 0 Å². The van der Waals surface area contributed by atoms with E-state index in [0.29, 0.717) is 18.0 Å². The molecule has 4 nitrogen and oxygen atoms in total. The number of hydrogen-bond donors (Lipinski definition) is 1. The van der Waals surface area contributed by atoms with Gasteiger partial charge < -0.3 is 10.2 Å². The lowest BCUT2D eigenvalue weighted by molar-refractivity contribution is 0.284. The molecule has 1 aliphatic rings. The standard InChI is InChI=1S/C14H24N4/c1-10(2)11-8-15-14(16-9-11)17-12-6-5-7-13(12)18(3)4/h8-10,12-13H,5-7H2,1-4H3,(H,15,16,17)/t12-,13-/m1/s1. The molecule has 2 rings (SSSR count). The van der Waals surface area contributed by atoms with Gasteiger partial charge in [0.1, 0.15) is 0 Å². The Kier molecular flexibility index (Phi) is 4.17. The minimum Gasteiger partial charge on any atom is -0.350 e. The smallest absolute Gasteiger partial charge is 0.222 e. The highest BCUT2D eigenvalue weighted by Crippen LogP contribution is 2.25. The Bertz CT molecular complexity index is 372. The van der Waals surface area contributed by atoms with E-state index < -0.39 is 0 Å². The third-order valence-electron chi connectivity index (χ3n) is 3.80. The SMILES string of the molecule is CC(C)c1cnc(N[C@@H]2CCC[C@H]2N(C)C)nc1. The third kappa shape index (κ3) is 2.99. The topological polar surface area (TPSA) is 41.1 Å². The number of anilines is 1. The van der Waals surface area contributed by atoms with E-state index in [4.69, 9.17) is 0 Å². The normalized spacial score (nSPS) is 23.9. The van der Waals surface area contributed by atoms with E-state index in [1.807, 2.05) is 12.4 Å². The first-order chi connectivity index (χ1) is 8.58. The fourth-order valence-corrected chi connectivity index (χ4v) is 2.60. The van der Waals surface area contributed by atoms with Crippen molar-refractivity contribution in [3.05, 3.63) is 18.0 Å². The lowest BCUT2D eigenvalue weighted by Gasteiger charge is -2.26. The van der Waals surface area contributed by atoms with Crippen molar-refractivity contribution in [2.45, 2.75) is 51.1 Å². The highest BCUT2D eigenvalue weighted by molar-refractivity contribution is 5.28. The molecule has 4 heteroatoms. The Labute approximate surface area is 110 Å². The Morgan fingerprint density at radius 2 is 1.89 bits per heavy atom. The van der Waals surface area contributed by atoms with Crippen LogP contribution in [0.2, 0.25) is 0 Å². The van der Waals surface area contributed by atoms with Gasteiger partial charge in [0.05, 0.1) is 0 Å². The quantitative estimate of drug-likeness (QED) is 0.889. The fourth-order valence-electron chi connectivity index (χ4n) is 2.60. The van der Waals surface area contributed by atoms with E-state index in [0.717, 1.165) is 5.95 Å². The molecule has 0 amide bonds. The van der Waals surface area contributed by atoms with Crippen LogP contribution in [0.5, 0.6) is 0 Å². The molecule has 1 heterocycles. The summed E-state index contributed by atoms with van der Waals surface area (Å²) in [7, 11) is 4.29. The predicted molar refractivity (Wildman–Crippen MR) is 74.9 cm³/mol. The molecular weight excluding hydrogens is 224 g/mol. The van der Waals surface area contributed by atoms with Gasteiger partial charge in [0, 0.05) is 24.5 Å². The van der Waals surface area contributed by atoms with Crippen molar-refractivity contribution >= 4 is 5.95 Å². The van der Waals surface area contributed by atoms with Crippen molar-refractivity contribution in [3.63, 3.8) is 0 Å². The molecule has 1 aliphatic carbocycles. The van der Waals surface area contributed by atoms with Crippen LogP contribution in [0.1, 0.15) is 44.6 Å². The first-order valence-electron chi connectivity index (χ1n) is 6.83. The molecule has 1 aromatic heterocycles. The van der Waals surface area contributed by atoms with Crippen LogP contribution in [0.25, 0.3) is 0 Å². The Morgan fingerprint density at radius 1 is 1.22 bits per heavy atom. The number of likely N-dealkylation sites (N-methyl/N-ethyl adjacent to an activating group) is 1. The predicted octanol–water partition coefficient (Wildman–Crippen LogP) is 2.49. The van der Waals surface area contributed by atoms with Crippen molar-refractivity contribution in [3.8, 4) is 0 Å². The van der Waals surface area contributed by atoms with Crippen molar-refractivity contribution < 1.29 is 0 Å². The lowest BCUT2D eigenvalue weighted by atomic mass is 10.1. The summed E-state index contributed by atoms with van der Waals surface area (Å²) in [6.07, 6.45) is 7.61. The van der Waals surface area contributed by atoms with E-state index in [-0.39, 0.29) is 0 Å². The second-order valence-corrected chi connectivity index (χ2v) is 5.71. The summed E-state index contributed by atoms with van der Waals surface area (Å²) < 4.78 is 0. The van der Waals surface area contributed by atoms with Crippen LogP contribution in [0.3, 0.4) is 0 Å². The molecule has 0 unspecified atom stereocenters. The van der Waals surface area contributed by atoms with Crippen LogP contribution in [0, 0.1) is 0 Å². The molecule has 0 radical (unpaired) electrons. The first-order valence-corrected chi connectivity index (χ1v) is 6.83. The summed E-state index contributed by atoms with van der Waals surface area (Å²) in [5.41, 5.74) is 1.19. The summed E-state index contributed by atoms with van der Waals surface area (Å²) in [4.78, 5) is 11.1. The zero-order valence-corrected chi connectivity index (χ0v) is 11.8. The van der Waals surface area contributed by atoms with Gasteiger partial charge in [-0.1, -0.05) is 13.8 Å². The molecule has 0 saturated heterocycles. The maximum atomic E-state index is 4.42. The molecule has 1 fully saturated rings. The zero-order valence-electron chi connectivity index (χ0n) is 11.8. The average molecular weight is 248 g/mol. The van der Waals surface area contributed by atoms with Crippen LogP contribution >= 0.6 is 0 Å². The minimum atomic E-state index is 0.477. The first kappa shape index (κ1) is 13.3. The van der Waals surface area contributed by atoms with Gasteiger partial charge in [-0.05, 0) is 44.8 Å². The van der Waals surface area contributed by atoms with Gasteiger partial charge in [-0.15, -0.1) is 0 Å². The van der Waals surface area contributed by atoms with Crippen LogP contribution in [-0.4, -0.2) is 41.0 Å². The Hall–Kier alpha value is -1.16. The second kappa shape index (κ2) is 5.65. The molecule has 1 saturated carbocycles. The van der Waals surface area contributed by atoms with E-state index in [9.17, 15) is 0 Å². The van der Waals surface area contributed by atoms with E-state index in [1.165, 1.54) is 24.8 Å². The van der Waals surface area contributed by atoms with E-state index in [2.05, 4.69) is 48.1 Å². The van der Waals surface area contributed by atoms with Gasteiger partial charge in [-0.3, -0.25) is 0 Å². The molecule has 0 bridgehead atoms. The molecule has 18 heavy (non-hydrogen) atoms. The number of nitrogens with one attached hydrogen (secondary N) is 1. The van der Waals surface area contributed by atoms with Gasteiger partial charge in [0.25, 0.3) is 0 Å².